The third kappa shape index (κ3) is 3.55. The molecule has 8 nitrogen and oxygen atoms in total. The topological polar surface area (TPSA) is 101 Å². The van der Waals surface area contributed by atoms with Gasteiger partial charge >= 0.3 is 0 Å². The molecule has 0 spiro atoms. The molecule has 5 aromatic rings. The summed E-state index contributed by atoms with van der Waals surface area (Å²) in [5, 5.41) is 3.44. The molecule has 0 amide bonds. The molecular weight excluding hydrogens is 430 g/mol. The number of halogens is 1. The SMILES string of the molecule is Bc1nc(N[C@@](B)(CC)c2nc3cccc(F)c3c(=O)n2-c2ccccc2)c2nc(B)[nH]c2n1. The van der Waals surface area contributed by atoms with Crippen LogP contribution in [0.4, 0.5) is 10.2 Å². The molecule has 0 bridgehead atoms. The number of fused-ring (bicyclic) bond motifs is 2. The summed E-state index contributed by atoms with van der Waals surface area (Å²) >= 11 is 0. The van der Waals surface area contributed by atoms with Gasteiger partial charge in [-0.3, -0.25) is 9.36 Å². The highest BCUT2D eigenvalue weighted by Gasteiger charge is 2.33. The van der Waals surface area contributed by atoms with Gasteiger partial charge in [0.25, 0.3) is 5.56 Å². The minimum atomic E-state index is -0.851. The molecule has 0 fully saturated rings. The Morgan fingerprint density at radius 2 is 1.82 bits per heavy atom. The third-order valence-corrected chi connectivity index (χ3v) is 6.03. The second kappa shape index (κ2) is 8.12. The molecule has 0 radical (unpaired) electrons. The van der Waals surface area contributed by atoms with Crippen LogP contribution < -0.4 is 22.3 Å². The van der Waals surface area contributed by atoms with Gasteiger partial charge in [0.1, 0.15) is 30.4 Å². The predicted molar refractivity (Wildman–Crippen MR) is 139 cm³/mol. The van der Waals surface area contributed by atoms with Crippen LogP contribution in [0.5, 0.6) is 0 Å². The molecule has 3 heterocycles. The largest absolute Gasteiger partial charge is 0.363 e. The molecule has 166 valence electrons. The Morgan fingerprint density at radius 3 is 2.56 bits per heavy atom. The molecule has 2 N–H and O–H groups in total. The van der Waals surface area contributed by atoms with Gasteiger partial charge in [-0.25, -0.2) is 24.3 Å². The molecule has 34 heavy (non-hydrogen) atoms. The van der Waals surface area contributed by atoms with Gasteiger partial charge < -0.3 is 10.3 Å². The van der Waals surface area contributed by atoms with Crippen molar-refractivity contribution in [1.82, 2.24) is 29.5 Å². The summed E-state index contributed by atoms with van der Waals surface area (Å²) in [6.45, 7) is 1.99. The summed E-state index contributed by atoms with van der Waals surface area (Å²) in [6, 6.07) is 13.6. The van der Waals surface area contributed by atoms with E-state index in [1.807, 2.05) is 40.8 Å². The van der Waals surface area contributed by atoms with E-state index in [-0.39, 0.29) is 5.39 Å². The summed E-state index contributed by atoms with van der Waals surface area (Å²) in [7, 11) is 5.61. The first kappa shape index (κ1) is 21.9. The molecule has 5 rings (SSSR count). The summed E-state index contributed by atoms with van der Waals surface area (Å²) in [6.07, 6.45) is 0.557. The lowest BCUT2D eigenvalue weighted by molar-refractivity contribution is 0.589. The van der Waals surface area contributed by atoms with Crippen LogP contribution in [0.1, 0.15) is 19.2 Å². The number of H-pyrrole nitrogens is 1. The maximum Gasteiger partial charge on any atom is 0.269 e. The van der Waals surface area contributed by atoms with E-state index in [1.54, 1.807) is 32.1 Å². The average molecular weight is 451 g/mol. The maximum atomic E-state index is 14.7. The molecule has 0 aliphatic rings. The Bertz CT molecular complexity index is 1610. The number of aromatic amines is 1. The van der Waals surface area contributed by atoms with E-state index in [4.69, 9.17) is 4.98 Å². The highest BCUT2D eigenvalue weighted by atomic mass is 19.1. The zero-order valence-corrected chi connectivity index (χ0v) is 19.3. The Hall–Kier alpha value is -3.95. The molecule has 0 unspecified atom stereocenters. The quantitative estimate of drug-likeness (QED) is 0.334. The number of rotatable bonds is 5. The molecule has 0 aliphatic carbocycles. The third-order valence-electron chi connectivity index (χ3n) is 6.03. The molecule has 2 aromatic carbocycles. The van der Waals surface area contributed by atoms with Crippen molar-refractivity contribution >= 4 is 62.9 Å². The molecule has 1 atom stereocenters. The number of para-hydroxylation sites is 1. The lowest BCUT2D eigenvalue weighted by atomic mass is 9.74. The highest BCUT2D eigenvalue weighted by molar-refractivity contribution is 6.31. The smallest absolute Gasteiger partial charge is 0.269 e. The number of nitrogens with one attached hydrogen (secondary N) is 2. The van der Waals surface area contributed by atoms with Crippen molar-refractivity contribution in [3.8, 4) is 5.69 Å². The van der Waals surface area contributed by atoms with Crippen molar-refractivity contribution in [2.45, 2.75) is 18.8 Å². The van der Waals surface area contributed by atoms with Crippen molar-refractivity contribution in [2.24, 2.45) is 0 Å². The molecular formula is C22H21B3FN7O. The van der Waals surface area contributed by atoms with E-state index < -0.39 is 16.8 Å². The molecule has 12 heteroatoms. The predicted octanol–water partition coefficient (Wildman–Crippen LogP) is -0.984. The standard InChI is InChI=1S/C22H21B3FN7O/c1-2-22(25,32-17-15-16(29-20(23)28-15)30-21(24)31-17)19-27-13-10-6-9-12(26)14(13)18(34)33(19)11-7-4-3-5-8-11/h3-10H,2,23-25H2,1H3,(H2,28,29,30,31,32)/t22-/m0/s1. The first-order chi connectivity index (χ1) is 16.3. The molecule has 0 aliphatic heterocycles. The summed E-state index contributed by atoms with van der Waals surface area (Å²) in [4.78, 5) is 35.2. The van der Waals surface area contributed by atoms with Gasteiger partial charge in [0.15, 0.2) is 27.2 Å². The van der Waals surface area contributed by atoms with E-state index in [9.17, 15) is 9.18 Å². The lowest BCUT2D eigenvalue weighted by Crippen LogP contribution is -2.43. The van der Waals surface area contributed by atoms with Crippen LogP contribution in [0.25, 0.3) is 27.8 Å². The number of hydrogen-bond donors (Lipinski definition) is 2. The van der Waals surface area contributed by atoms with Gasteiger partial charge in [-0.2, -0.15) is 0 Å². The van der Waals surface area contributed by atoms with E-state index in [1.165, 1.54) is 10.6 Å². The number of imidazole rings is 1. The van der Waals surface area contributed by atoms with Gasteiger partial charge in [-0.15, -0.1) is 0 Å². The van der Waals surface area contributed by atoms with E-state index >= 15 is 0 Å². The Morgan fingerprint density at radius 1 is 1.06 bits per heavy atom. The van der Waals surface area contributed by atoms with Crippen LogP contribution in [0.15, 0.2) is 53.3 Å². The van der Waals surface area contributed by atoms with Gasteiger partial charge in [-0.05, 0) is 30.7 Å². The number of anilines is 1. The zero-order valence-electron chi connectivity index (χ0n) is 19.3. The Kier molecular flexibility index (Phi) is 5.23. The lowest BCUT2D eigenvalue weighted by Gasteiger charge is -2.32. The average Bonchev–Trinajstić information content (AvgIpc) is 3.19. The second-order valence-corrected chi connectivity index (χ2v) is 8.49. The summed E-state index contributed by atoms with van der Waals surface area (Å²) in [5.74, 6) is 0.378. The number of aromatic nitrogens is 6. The highest BCUT2D eigenvalue weighted by Crippen LogP contribution is 2.29. The summed E-state index contributed by atoms with van der Waals surface area (Å²) < 4.78 is 16.2. The minimum absolute atomic E-state index is 0.0447. The number of benzene rings is 2. The van der Waals surface area contributed by atoms with E-state index in [0.29, 0.717) is 46.2 Å². The maximum absolute atomic E-state index is 14.7. The minimum Gasteiger partial charge on any atom is -0.363 e. The fourth-order valence-electron chi connectivity index (χ4n) is 4.15. The van der Waals surface area contributed by atoms with Crippen LogP contribution in [0.2, 0.25) is 0 Å². The van der Waals surface area contributed by atoms with Gasteiger partial charge in [-0.1, -0.05) is 31.2 Å². The van der Waals surface area contributed by atoms with Crippen molar-refractivity contribution in [3.63, 3.8) is 0 Å². The Balaban J connectivity index is 1.79. The number of nitrogens with zero attached hydrogens (tertiary/aromatic N) is 5. The van der Waals surface area contributed by atoms with Crippen LogP contribution in [0, 0.1) is 5.82 Å². The summed E-state index contributed by atoms with van der Waals surface area (Å²) in [5.41, 5.74) is 2.10. The van der Waals surface area contributed by atoms with E-state index in [0.717, 1.165) is 5.72 Å². The molecule has 0 saturated carbocycles. The van der Waals surface area contributed by atoms with Crippen molar-refractivity contribution < 1.29 is 4.39 Å². The zero-order chi connectivity index (χ0) is 24.0. The molecule has 3 aromatic heterocycles. The van der Waals surface area contributed by atoms with Gasteiger partial charge in [0.05, 0.1) is 28.1 Å². The van der Waals surface area contributed by atoms with Crippen LogP contribution in [0.3, 0.4) is 0 Å². The fraction of sp³-hybridized carbons (Fsp3) is 0.136. The fourth-order valence-corrected chi connectivity index (χ4v) is 4.15. The normalized spacial score (nSPS) is 13.2. The first-order valence-electron chi connectivity index (χ1n) is 11.1. The van der Waals surface area contributed by atoms with Gasteiger partial charge in [0, 0.05) is 0 Å². The Labute approximate surface area is 197 Å². The van der Waals surface area contributed by atoms with Crippen LogP contribution in [-0.4, -0.2) is 53.0 Å². The molecule has 0 saturated heterocycles. The second-order valence-electron chi connectivity index (χ2n) is 8.49. The van der Waals surface area contributed by atoms with E-state index in [2.05, 4.69) is 25.3 Å². The van der Waals surface area contributed by atoms with Crippen LogP contribution >= 0.6 is 0 Å². The van der Waals surface area contributed by atoms with Crippen molar-refractivity contribution in [2.75, 3.05) is 5.32 Å². The van der Waals surface area contributed by atoms with Gasteiger partial charge in [0.2, 0.25) is 0 Å². The monoisotopic (exact) mass is 451 g/mol. The van der Waals surface area contributed by atoms with Crippen LogP contribution in [-0.2, 0) is 5.44 Å². The van der Waals surface area contributed by atoms with Crippen molar-refractivity contribution in [3.05, 3.63) is 70.5 Å². The first-order valence-corrected chi connectivity index (χ1v) is 11.1. The van der Waals surface area contributed by atoms with Crippen molar-refractivity contribution in [1.29, 1.82) is 0 Å². The number of hydrogen-bond acceptors (Lipinski definition) is 6.